The molecule has 4 rings (SSSR count). The third-order valence-corrected chi connectivity index (χ3v) is 4.70. The van der Waals surface area contributed by atoms with Crippen LogP contribution in [0, 0.1) is 13.8 Å². The molecule has 0 bridgehead atoms. The molecule has 7 heteroatoms. The quantitative estimate of drug-likeness (QED) is 0.647. The highest BCUT2D eigenvalue weighted by Gasteiger charge is 2.27. The van der Waals surface area contributed by atoms with Gasteiger partial charge in [-0.25, -0.2) is 10.9 Å². The number of benzene rings is 1. The zero-order valence-electron chi connectivity index (χ0n) is 15.4. The van der Waals surface area contributed by atoms with Gasteiger partial charge in [0.25, 0.3) is 5.91 Å². The Labute approximate surface area is 157 Å². The normalized spacial score (nSPS) is 19.3. The number of hydrogen-bond acceptors (Lipinski definition) is 5. The predicted molar refractivity (Wildman–Crippen MR) is 101 cm³/mol. The molecule has 1 fully saturated rings. The molecule has 0 spiro atoms. The first-order valence-corrected chi connectivity index (χ1v) is 9.05. The number of furan rings is 1. The van der Waals surface area contributed by atoms with Gasteiger partial charge in [0.2, 0.25) is 0 Å². The van der Waals surface area contributed by atoms with E-state index in [1.165, 1.54) is 5.56 Å². The molecular weight excluding hydrogens is 342 g/mol. The van der Waals surface area contributed by atoms with Crippen molar-refractivity contribution in [3.63, 3.8) is 0 Å². The molecule has 3 N–H and O–H groups in total. The average molecular weight is 365 g/mol. The van der Waals surface area contributed by atoms with Crippen LogP contribution in [0.5, 0.6) is 0 Å². The first-order chi connectivity index (χ1) is 13.1. The average Bonchev–Trinajstić information content (AvgIpc) is 3.37. The molecule has 2 atom stereocenters. The monoisotopic (exact) mass is 365 g/mol. The Balaban J connectivity index is 1.35. The van der Waals surface area contributed by atoms with E-state index in [0.29, 0.717) is 18.1 Å². The number of amides is 1. The van der Waals surface area contributed by atoms with Crippen LogP contribution in [-0.2, 0) is 6.54 Å². The zero-order valence-corrected chi connectivity index (χ0v) is 15.4. The third-order valence-electron chi connectivity index (χ3n) is 4.70. The summed E-state index contributed by atoms with van der Waals surface area (Å²) in [5.41, 5.74) is 9.55. The summed E-state index contributed by atoms with van der Waals surface area (Å²) in [6.07, 6.45) is 0.599. The van der Waals surface area contributed by atoms with Gasteiger partial charge in [0.05, 0.1) is 18.4 Å². The van der Waals surface area contributed by atoms with E-state index in [4.69, 9.17) is 4.42 Å². The molecule has 3 heterocycles. The van der Waals surface area contributed by atoms with Crippen molar-refractivity contribution >= 4 is 5.91 Å². The Morgan fingerprint density at radius 3 is 2.78 bits per heavy atom. The summed E-state index contributed by atoms with van der Waals surface area (Å²) in [4.78, 5) is 12.5. The second-order valence-corrected chi connectivity index (χ2v) is 6.86. The minimum atomic E-state index is -0.234. The molecule has 2 unspecified atom stereocenters. The van der Waals surface area contributed by atoms with Crippen LogP contribution < -0.4 is 16.2 Å². The summed E-state index contributed by atoms with van der Waals surface area (Å²) in [5, 5.41) is 7.38. The van der Waals surface area contributed by atoms with Crippen LogP contribution in [0.1, 0.15) is 45.7 Å². The number of carbonyl (C=O) groups is 1. The smallest absolute Gasteiger partial charge is 0.288 e. The topological polar surface area (TPSA) is 84.1 Å². The maximum atomic E-state index is 12.5. The molecule has 27 heavy (non-hydrogen) atoms. The molecular formula is C20H23N5O2. The molecule has 2 aromatic heterocycles. The van der Waals surface area contributed by atoms with Crippen molar-refractivity contribution in [2.75, 3.05) is 0 Å². The van der Waals surface area contributed by atoms with E-state index < -0.39 is 0 Å². The first kappa shape index (κ1) is 17.5. The summed E-state index contributed by atoms with van der Waals surface area (Å²) < 4.78 is 7.58. The highest BCUT2D eigenvalue weighted by atomic mass is 16.4. The molecule has 0 radical (unpaired) electrons. The third kappa shape index (κ3) is 3.94. The van der Waals surface area contributed by atoms with Crippen LogP contribution in [-0.4, -0.2) is 21.9 Å². The van der Waals surface area contributed by atoms with E-state index in [1.54, 1.807) is 6.07 Å². The van der Waals surface area contributed by atoms with Gasteiger partial charge in [0, 0.05) is 18.2 Å². The van der Waals surface area contributed by atoms with Gasteiger partial charge in [0.1, 0.15) is 5.76 Å². The Morgan fingerprint density at radius 1 is 1.22 bits per heavy atom. The van der Waals surface area contributed by atoms with Crippen LogP contribution in [0.2, 0.25) is 0 Å². The number of aryl methyl sites for hydroxylation is 2. The van der Waals surface area contributed by atoms with Gasteiger partial charge in [-0.15, -0.1) is 0 Å². The number of nitrogens with zero attached hydrogens (tertiary/aromatic N) is 2. The molecule has 7 nitrogen and oxygen atoms in total. The predicted octanol–water partition coefficient (Wildman–Crippen LogP) is 2.44. The Hall–Kier alpha value is -2.90. The maximum absolute atomic E-state index is 12.5. The second kappa shape index (κ2) is 7.38. The highest BCUT2D eigenvalue weighted by Crippen LogP contribution is 2.21. The summed E-state index contributed by atoms with van der Waals surface area (Å²) in [6, 6.07) is 15.8. The molecule has 1 saturated heterocycles. The van der Waals surface area contributed by atoms with Gasteiger partial charge in [-0.2, -0.15) is 5.10 Å². The number of carbonyl (C=O) groups excluding carboxylic acids is 1. The first-order valence-electron chi connectivity index (χ1n) is 9.05. The van der Waals surface area contributed by atoms with Crippen molar-refractivity contribution in [3.05, 3.63) is 77.0 Å². The lowest BCUT2D eigenvalue weighted by Gasteiger charge is -2.11. The lowest BCUT2D eigenvalue weighted by molar-refractivity contribution is 0.0902. The lowest BCUT2D eigenvalue weighted by atomic mass is 10.0. The fourth-order valence-electron chi connectivity index (χ4n) is 3.35. The largest absolute Gasteiger partial charge is 0.454 e. The van der Waals surface area contributed by atoms with Crippen LogP contribution in [0.15, 0.2) is 52.9 Å². The summed E-state index contributed by atoms with van der Waals surface area (Å²) >= 11 is 0. The number of rotatable bonds is 5. The Kier molecular flexibility index (Phi) is 4.79. The van der Waals surface area contributed by atoms with Crippen molar-refractivity contribution < 1.29 is 9.21 Å². The van der Waals surface area contributed by atoms with Crippen LogP contribution in [0.25, 0.3) is 0 Å². The van der Waals surface area contributed by atoms with E-state index in [9.17, 15) is 4.79 Å². The fraction of sp³-hybridized carbons (Fsp3) is 0.300. The van der Waals surface area contributed by atoms with E-state index in [2.05, 4.69) is 33.4 Å². The summed E-state index contributed by atoms with van der Waals surface area (Å²) in [6.45, 7) is 4.46. The van der Waals surface area contributed by atoms with E-state index >= 15 is 0 Å². The maximum Gasteiger partial charge on any atom is 0.288 e. The molecule has 3 aromatic rings. The van der Waals surface area contributed by atoms with Crippen LogP contribution in [0.4, 0.5) is 0 Å². The molecule has 0 saturated carbocycles. The molecule has 1 aliphatic heterocycles. The second-order valence-electron chi connectivity index (χ2n) is 6.86. The van der Waals surface area contributed by atoms with Gasteiger partial charge >= 0.3 is 0 Å². The van der Waals surface area contributed by atoms with Gasteiger partial charge < -0.3 is 9.73 Å². The van der Waals surface area contributed by atoms with Crippen molar-refractivity contribution in [2.24, 2.45) is 0 Å². The fourth-order valence-corrected chi connectivity index (χ4v) is 3.35. The van der Waals surface area contributed by atoms with E-state index in [1.807, 2.05) is 48.9 Å². The van der Waals surface area contributed by atoms with Crippen molar-refractivity contribution in [1.29, 1.82) is 0 Å². The van der Waals surface area contributed by atoms with E-state index in [-0.39, 0.29) is 18.1 Å². The van der Waals surface area contributed by atoms with Crippen molar-refractivity contribution in [3.8, 4) is 0 Å². The summed E-state index contributed by atoms with van der Waals surface area (Å²) in [5.74, 6) is 0.769. The van der Waals surface area contributed by atoms with Crippen LogP contribution in [0.3, 0.4) is 0 Å². The van der Waals surface area contributed by atoms with Crippen molar-refractivity contribution in [1.82, 2.24) is 25.9 Å². The lowest BCUT2D eigenvalue weighted by Crippen LogP contribution is -2.44. The highest BCUT2D eigenvalue weighted by molar-refractivity contribution is 5.91. The standard InChI is InChI=1S/C20H23N5O2/c1-13-10-14(2)25(24-13)12-16-8-9-18(27-16)20(26)21-19-11-17(22-23-19)15-6-4-3-5-7-15/h3-10,17,19,22-23H,11-12H2,1-2H3,(H,21,26). The van der Waals surface area contributed by atoms with Gasteiger partial charge in [0.15, 0.2) is 5.76 Å². The van der Waals surface area contributed by atoms with Gasteiger partial charge in [-0.05, 0) is 37.6 Å². The van der Waals surface area contributed by atoms with E-state index in [0.717, 1.165) is 17.8 Å². The Morgan fingerprint density at radius 2 is 2.04 bits per heavy atom. The minimum absolute atomic E-state index is 0.160. The molecule has 1 amide bonds. The Bertz CT molecular complexity index is 931. The molecule has 0 aliphatic carbocycles. The van der Waals surface area contributed by atoms with Crippen LogP contribution >= 0.6 is 0 Å². The SMILES string of the molecule is Cc1cc(C)n(Cc2ccc(C(=O)NC3CC(c4ccccc4)NN3)o2)n1. The molecule has 1 aromatic carbocycles. The number of hydrazine groups is 1. The van der Waals surface area contributed by atoms with Gasteiger partial charge in [-0.1, -0.05) is 30.3 Å². The van der Waals surface area contributed by atoms with Gasteiger partial charge in [-0.3, -0.25) is 9.48 Å². The molecule has 1 aliphatic rings. The number of hydrogen-bond donors (Lipinski definition) is 3. The molecule has 140 valence electrons. The number of aromatic nitrogens is 2. The van der Waals surface area contributed by atoms with Crippen molar-refractivity contribution in [2.45, 2.75) is 39.0 Å². The summed E-state index contributed by atoms with van der Waals surface area (Å²) in [7, 11) is 0. The minimum Gasteiger partial charge on any atom is -0.454 e. The number of nitrogens with one attached hydrogen (secondary N) is 3. The zero-order chi connectivity index (χ0) is 18.8.